The summed E-state index contributed by atoms with van der Waals surface area (Å²) >= 11 is 3.35. The van der Waals surface area contributed by atoms with Crippen molar-refractivity contribution in [2.24, 2.45) is 12.8 Å². The predicted molar refractivity (Wildman–Crippen MR) is 66.8 cm³/mol. The van der Waals surface area contributed by atoms with Crippen molar-refractivity contribution in [3.05, 3.63) is 15.9 Å². The number of sulfone groups is 1. The molecule has 16 heavy (non-hydrogen) atoms. The van der Waals surface area contributed by atoms with Crippen molar-refractivity contribution < 1.29 is 8.42 Å². The minimum absolute atomic E-state index is 0.00488. The molecular formula is C9H16BrN3O2S. The van der Waals surface area contributed by atoms with Crippen LogP contribution in [0.4, 0.5) is 0 Å². The normalized spacial score (nSPS) is 12.0. The van der Waals surface area contributed by atoms with Crippen LogP contribution in [0.3, 0.4) is 0 Å². The molecule has 5 nitrogen and oxygen atoms in total. The Morgan fingerprint density at radius 2 is 2.12 bits per heavy atom. The van der Waals surface area contributed by atoms with Gasteiger partial charge >= 0.3 is 0 Å². The minimum Gasteiger partial charge on any atom is -0.330 e. The van der Waals surface area contributed by atoms with Gasteiger partial charge in [-0.05, 0) is 35.8 Å². The summed E-state index contributed by atoms with van der Waals surface area (Å²) in [6.07, 6.45) is 0.497. The van der Waals surface area contributed by atoms with Crippen molar-refractivity contribution in [3.63, 3.8) is 0 Å². The van der Waals surface area contributed by atoms with Gasteiger partial charge in [0.15, 0.2) is 9.84 Å². The van der Waals surface area contributed by atoms with Gasteiger partial charge in [0.05, 0.1) is 27.4 Å². The van der Waals surface area contributed by atoms with E-state index in [2.05, 4.69) is 21.0 Å². The van der Waals surface area contributed by atoms with Crippen LogP contribution in [0, 0.1) is 6.92 Å². The van der Waals surface area contributed by atoms with Gasteiger partial charge < -0.3 is 5.73 Å². The highest BCUT2D eigenvalue weighted by Crippen LogP contribution is 2.22. The molecule has 0 saturated carbocycles. The maximum absolute atomic E-state index is 11.8. The van der Waals surface area contributed by atoms with Crippen LogP contribution in [0.25, 0.3) is 0 Å². The summed E-state index contributed by atoms with van der Waals surface area (Å²) < 4.78 is 25.9. The maximum Gasteiger partial charge on any atom is 0.156 e. The number of aromatic nitrogens is 2. The zero-order valence-corrected chi connectivity index (χ0v) is 11.8. The first kappa shape index (κ1) is 13.7. The van der Waals surface area contributed by atoms with E-state index < -0.39 is 9.84 Å². The number of aryl methyl sites for hydroxylation is 2. The van der Waals surface area contributed by atoms with E-state index in [1.165, 1.54) is 0 Å². The third-order valence-corrected chi connectivity index (χ3v) is 4.93. The van der Waals surface area contributed by atoms with E-state index in [0.29, 0.717) is 18.7 Å². The van der Waals surface area contributed by atoms with Gasteiger partial charge in [0.2, 0.25) is 0 Å². The van der Waals surface area contributed by atoms with Crippen LogP contribution in [0.15, 0.2) is 4.47 Å². The molecule has 0 bridgehead atoms. The molecule has 0 aliphatic heterocycles. The largest absolute Gasteiger partial charge is 0.330 e. The van der Waals surface area contributed by atoms with E-state index >= 15 is 0 Å². The molecule has 1 aromatic rings. The van der Waals surface area contributed by atoms with Gasteiger partial charge in [-0.2, -0.15) is 5.10 Å². The van der Waals surface area contributed by atoms with E-state index in [0.717, 1.165) is 10.2 Å². The molecule has 1 rings (SSSR count). The van der Waals surface area contributed by atoms with Crippen molar-refractivity contribution in [2.75, 3.05) is 12.3 Å². The van der Waals surface area contributed by atoms with Gasteiger partial charge in [0, 0.05) is 7.05 Å². The highest BCUT2D eigenvalue weighted by Gasteiger charge is 2.18. The summed E-state index contributed by atoms with van der Waals surface area (Å²) in [7, 11) is -1.36. The van der Waals surface area contributed by atoms with Gasteiger partial charge in [0.1, 0.15) is 0 Å². The average Bonchev–Trinajstić information content (AvgIpc) is 2.42. The summed E-state index contributed by atoms with van der Waals surface area (Å²) in [5.74, 6) is 0.130. The molecule has 0 aromatic carbocycles. The Hall–Kier alpha value is -0.400. The third kappa shape index (κ3) is 3.29. The molecule has 0 spiro atoms. The van der Waals surface area contributed by atoms with E-state index in [1.807, 2.05) is 6.92 Å². The van der Waals surface area contributed by atoms with Gasteiger partial charge in [-0.15, -0.1) is 0 Å². The van der Waals surface area contributed by atoms with Gasteiger partial charge in [0.25, 0.3) is 0 Å². The Kier molecular flexibility index (Phi) is 4.52. The second-order valence-corrected chi connectivity index (χ2v) is 6.68. The monoisotopic (exact) mass is 309 g/mol. The van der Waals surface area contributed by atoms with Crippen LogP contribution < -0.4 is 5.73 Å². The molecule has 0 aliphatic rings. The number of nitrogens with zero attached hydrogens (tertiary/aromatic N) is 2. The fraction of sp³-hybridized carbons (Fsp3) is 0.667. The first-order valence-corrected chi connectivity index (χ1v) is 7.57. The fourth-order valence-electron chi connectivity index (χ4n) is 1.42. The SMILES string of the molecule is Cc1nn(C)c(CS(=O)(=O)CCCN)c1Br. The molecule has 0 aliphatic carbocycles. The minimum atomic E-state index is -3.10. The van der Waals surface area contributed by atoms with Crippen molar-refractivity contribution in [1.82, 2.24) is 9.78 Å². The molecule has 7 heteroatoms. The Bertz CT molecular complexity index is 467. The molecule has 2 N–H and O–H groups in total. The first-order chi connectivity index (χ1) is 7.37. The van der Waals surface area contributed by atoms with Crippen LogP contribution >= 0.6 is 15.9 Å². The smallest absolute Gasteiger partial charge is 0.156 e. The number of rotatable bonds is 5. The molecular weight excluding hydrogens is 294 g/mol. The first-order valence-electron chi connectivity index (χ1n) is 4.96. The Morgan fingerprint density at radius 3 is 2.56 bits per heavy atom. The number of nitrogens with two attached hydrogens (primary N) is 1. The Labute approximate surface area is 104 Å². The highest BCUT2D eigenvalue weighted by atomic mass is 79.9. The lowest BCUT2D eigenvalue weighted by atomic mass is 10.4. The quantitative estimate of drug-likeness (QED) is 0.871. The molecule has 0 radical (unpaired) electrons. The zero-order valence-electron chi connectivity index (χ0n) is 9.40. The summed E-state index contributed by atoms with van der Waals surface area (Å²) in [5, 5.41) is 4.16. The summed E-state index contributed by atoms with van der Waals surface area (Å²) in [6.45, 7) is 2.23. The lowest BCUT2D eigenvalue weighted by Gasteiger charge is -2.04. The lowest BCUT2D eigenvalue weighted by molar-refractivity contribution is 0.589. The van der Waals surface area contributed by atoms with E-state index in [9.17, 15) is 8.42 Å². The van der Waals surface area contributed by atoms with Crippen LogP contribution in [-0.4, -0.2) is 30.5 Å². The van der Waals surface area contributed by atoms with Crippen molar-refractivity contribution in [1.29, 1.82) is 0 Å². The van der Waals surface area contributed by atoms with E-state index in [1.54, 1.807) is 11.7 Å². The average molecular weight is 310 g/mol. The molecule has 0 saturated heterocycles. The second kappa shape index (κ2) is 5.29. The number of halogens is 1. The lowest BCUT2D eigenvalue weighted by Crippen LogP contribution is -2.15. The fourth-order valence-corrected chi connectivity index (χ4v) is 3.58. The van der Waals surface area contributed by atoms with Crippen LogP contribution in [0.1, 0.15) is 17.8 Å². The van der Waals surface area contributed by atoms with E-state index in [4.69, 9.17) is 5.73 Å². The molecule has 0 fully saturated rings. The summed E-state index contributed by atoms with van der Waals surface area (Å²) in [4.78, 5) is 0. The number of hydrogen-bond acceptors (Lipinski definition) is 4. The van der Waals surface area contributed by atoms with Crippen molar-refractivity contribution in [2.45, 2.75) is 19.1 Å². The molecule has 1 aromatic heterocycles. The third-order valence-electron chi connectivity index (χ3n) is 2.28. The van der Waals surface area contributed by atoms with Crippen molar-refractivity contribution in [3.8, 4) is 0 Å². The van der Waals surface area contributed by atoms with Crippen LogP contribution in [-0.2, 0) is 22.6 Å². The highest BCUT2D eigenvalue weighted by molar-refractivity contribution is 9.10. The molecule has 0 atom stereocenters. The number of hydrogen-bond donors (Lipinski definition) is 1. The van der Waals surface area contributed by atoms with Gasteiger partial charge in [-0.3, -0.25) is 4.68 Å². The van der Waals surface area contributed by atoms with Crippen LogP contribution in [0.5, 0.6) is 0 Å². The maximum atomic E-state index is 11.8. The van der Waals surface area contributed by atoms with Gasteiger partial charge in [-0.1, -0.05) is 0 Å². The Morgan fingerprint density at radius 1 is 1.50 bits per heavy atom. The summed E-state index contributed by atoms with van der Waals surface area (Å²) in [5.41, 5.74) is 6.79. The molecule has 1 heterocycles. The second-order valence-electron chi connectivity index (χ2n) is 3.70. The molecule has 0 amide bonds. The predicted octanol–water partition coefficient (Wildman–Crippen LogP) is 0.755. The molecule has 0 unspecified atom stereocenters. The topological polar surface area (TPSA) is 78.0 Å². The molecule has 92 valence electrons. The standard InChI is InChI=1S/C9H16BrN3O2S/c1-7-9(10)8(13(2)12-7)6-16(14,15)5-3-4-11/h3-6,11H2,1-2H3. The summed E-state index contributed by atoms with van der Waals surface area (Å²) in [6, 6.07) is 0. The Balaban J connectivity index is 2.88. The van der Waals surface area contributed by atoms with Crippen molar-refractivity contribution >= 4 is 25.8 Å². The van der Waals surface area contributed by atoms with E-state index in [-0.39, 0.29) is 11.5 Å². The van der Waals surface area contributed by atoms with Gasteiger partial charge in [-0.25, -0.2) is 8.42 Å². The van der Waals surface area contributed by atoms with Crippen LogP contribution in [0.2, 0.25) is 0 Å². The zero-order chi connectivity index (χ0) is 12.3.